The molecule has 0 saturated heterocycles. The maximum Gasteiger partial charge on any atom is 0.119 e. The molecular formula is C12H15BrO. The van der Waals surface area contributed by atoms with Gasteiger partial charge in [-0.15, -0.1) is 0 Å². The summed E-state index contributed by atoms with van der Waals surface area (Å²) in [6, 6.07) is 6.20. The Morgan fingerprint density at radius 3 is 2.57 bits per heavy atom. The molecule has 0 bridgehead atoms. The van der Waals surface area contributed by atoms with E-state index in [0.717, 1.165) is 5.75 Å². The maximum absolute atomic E-state index is 5.24. The molecule has 1 fully saturated rings. The summed E-state index contributed by atoms with van der Waals surface area (Å²) in [5.41, 5.74) is 1.85. The summed E-state index contributed by atoms with van der Waals surface area (Å²) in [5, 5.41) is 0. The van der Waals surface area contributed by atoms with E-state index in [2.05, 4.69) is 41.9 Å². The third-order valence-electron chi connectivity index (χ3n) is 3.09. The van der Waals surface area contributed by atoms with Crippen molar-refractivity contribution in [1.82, 2.24) is 0 Å². The molecule has 1 aromatic rings. The minimum atomic E-state index is 0.467. The first-order valence-electron chi connectivity index (χ1n) is 4.88. The summed E-state index contributed by atoms with van der Waals surface area (Å²) in [6.07, 6.45) is 1.28. The Morgan fingerprint density at radius 1 is 1.43 bits per heavy atom. The number of rotatable bonds is 2. The molecule has 0 N–H and O–H groups in total. The van der Waals surface area contributed by atoms with E-state index in [1.165, 1.54) is 16.5 Å². The van der Waals surface area contributed by atoms with E-state index >= 15 is 0 Å². The Hall–Kier alpha value is -0.500. The molecule has 1 aliphatic rings. The van der Waals surface area contributed by atoms with Crippen LogP contribution >= 0.6 is 15.9 Å². The van der Waals surface area contributed by atoms with Crippen LogP contribution in [0.2, 0.25) is 0 Å². The van der Waals surface area contributed by atoms with Gasteiger partial charge in [-0.25, -0.2) is 0 Å². The Morgan fingerprint density at radius 2 is 2.07 bits per heavy atom. The van der Waals surface area contributed by atoms with E-state index in [9.17, 15) is 0 Å². The van der Waals surface area contributed by atoms with Gasteiger partial charge in [0.15, 0.2) is 0 Å². The monoisotopic (exact) mass is 254 g/mol. The molecule has 0 heterocycles. The topological polar surface area (TPSA) is 9.23 Å². The Labute approximate surface area is 93.6 Å². The fraction of sp³-hybridized carbons (Fsp3) is 0.500. The van der Waals surface area contributed by atoms with Crippen molar-refractivity contribution in [3.63, 3.8) is 0 Å². The van der Waals surface area contributed by atoms with Gasteiger partial charge in [-0.05, 0) is 41.5 Å². The van der Waals surface area contributed by atoms with E-state index in [1.807, 2.05) is 6.07 Å². The fourth-order valence-corrected chi connectivity index (χ4v) is 2.44. The normalized spacial score (nSPS) is 23.3. The highest BCUT2D eigenvalue weighted by molar-refractivity contribution is 9.10. The lowest BCUT2D eigenvalue weighted by molar-refractivity contribution is 0.414. The standard InChI is InChI=1S/C12H15BrO/c1-12(2)7-10(12)9-6-8(14-3)4-5-11(9)13/h4-6,10H,7H2,1-3H3. The van der Waals surface area contributed by atoms with Crippen molar-refractivity contribution < 1.29 is 4.74 Å². The van der Waals surface area contributed by atoms with Crippen molar-refractivity contribution in [3.05, 3.63) is 28.2 Å². The predicted octanol–water partition coefficient (Wildman–Crippen LogP) is 3.97. The summed E-state index contributed by atoms with van der Waals surface area (Å²) < 4.78 is 6.44. The molecule has 0 radical (unpaired) electrons. The number of halogens is 1. The van der Waals surface area contributed by atoms with Crippen LogP contribution in [0.1, 0.15) is 31.7 Å². The minimum Gasteiger partial charge on any atom is -0.497 e. The van der Waals surface area contributed by atoms with Gasteiger partial charge in [0.1, 0.15) is 5.75 Å². The van der Waals surface area contributed by atoms with Crippen molar-refractivity contribution in [2.24, 2.45) is 5.41 Å². The van der Waals surface area contributed by atoms with Gasteiger partial charge in [-0.1, -0.05) is 29.8 Å². The van der Waals surface area contributed by atoms with Crippen LogP contribution in [0.25, 0.3) is 0 Å². The molecule has 1 saturated carbocycles. The van der Waals surface area contributed by atoms with Crippen molar-refractivity contribution in [2.45, 2.75) is 26.2 Å². The van der Waals surface area contributed by atoms with Gasteiger partial charge in [0.2, 0.25) is 0 Å². The molecule has 1 nitrogen and oxygen atoms in total. The zero-order valence-corrected chi connectivity index (χ0v) is 10.4. The number of ether oxygens (including phenoxy) is 1. The van der Waals surface area contributed by atoms with Crippen LogP contribution in [0, 0.1) is 5.41 Å². The molecule has 0 aromatic heterocycles. The third kappa shape index (κ3) is 1.68. The van der Waals surface area contributed by atoms with E-state index in [4.69, 9.17) is 4.74 Å². The maximum atomic E-state index is 5.24. The molecule has 1 atom stereocenters. The van der Waals surface area contributed by atoms with Gasteiger partial charge in [-0.3, -0.25) is 0 Å². The number of methoxy groups -OCH3 is 1. The zero-order chi connectivity index (χ0) is 10.3. The molecule has 2 rings (SSSR count). The minimum absolute atomic E-state index is 0.467. The van der Waals surface area contributed by atoms with E-state index < -0.39 is 0 Å². The summed E-state index contributed by atoms with van der Waals surface area (Å²) >= 11 is 3.60. The average molecular weight is 255 g/mol. The van der Waals surface area contributed by atoms with Crippen LogP contribution < -0.4 is 4.74 Å². The summed E-state index contributed by atoms with van der Waals surface area (Å²) in [4.78, 5) is 0. The molecule has 1 aliphatic carbocycles. The molecule has 1 aromatic carbocycles. The molecule has 0 aliphatic heterocycles. The summed E-state index contributed by atoms with van der Waals surface area (Å²) in [7, 11) is 1.71. The van der Waals surface area contributed by atoms with Gasteiger partial charge in [0, 0.05) is 4.47 Å². The Bertz CT molecular complexity index is 357. The van der Waals surface area contributed by atoms with Crippen LogP contribution in [0.5, 0.6) is 5.75 Å². The molecule has 2 heteroatoms. The van der Waals surface area contributed by atoms with Crippen molar-refractivity contribution in [2.75, 3.05) is 7.11 Å². The van der Waals surface area contributed by atoms with Gasteiger partial charge in [0.25, 0.3) is 0 Å². The van der Waals surface area contributed by atoms with Crippen LogP contribution in [0.3, 0.4) is 0 Å². The Kier molecular flexibility index (Phi) is 2.34. The first-order chi connectivity index (χ1) is 6.54. The van der Waals surface area contributed by atoms with Crippen LogP contribution in [-0.2, 0) is 0 Å². The second-order valence-corrected chi connectivity index (χ2v) is 5.49. The van der Waals surface area contributed by atoms with Crippen molar-refractivity contribution in [1.29, 1.82) is 0 Å². The summed E-state index contributed by atoms with van der Waals surface area (Å²) in [6.45, 7) is 4.62. The predicted molar refractivity (Wildman–Crippen MR) is 61.8 cm³/mol. The lowest BCUT2D eigenvalue weighted by Crippen LogP contribution is -1.92. The number of benzene rings is 1. The Balaban J connectivity index is 2.33. The third-order valence-corrected chi connectivity index (χ3v) is 3.81. The van der Waals surface area contributed by atoms with Gasteiger partial charge < -0.3 is 4.74 Å². The summed E-state index contributed by atoms with van der Waals surface area (Å²) in [5.74, 6) is 1.64. The zero-order valence-electron chi connectivity index (χ0n) is 8.80. The second kappa shape index (κ2) is 3.27. The molecule has 0 spiro atoms. The quantitative estimate of drug-likeness (QED) is 0.776. The molecule has 76 valence electrons. The van der Waals surface area contributed by atoms with E-state index in [0.29, 0.717) is 11.3 Å². The molecule has 0 amide bonds. The highest BCUT2D eigenvalue weighted by atomic mass is 79.9. The van der Waals surface area contributed by atoms with E-state index in [1.54, 1.807) is 7.11 Å². The highest BCUT2D eigenvalue weighted by Crippen LogP contribution is 2.60. The molecule has 1 unspecified atom stereocenters. The fourth-order valence-electron chi connectivity index (χ4n) is 1.91. The van der Waals surface area contributed by atoms with Crippen LogP contribution in [-0.4, -0.2) is 7.11 Å². The first kappa shape index (κ1) is 10.0. The van der Waals surface area contributed by atoms with Crippen molar-refractivity contribution >= 4 is 15.9 Å². The first-order valence-corrected chi connectivity index (χ1v) is 5.67. The largest absolute Gasteiger partial charge is 0.497 e. The van der Waals surface area contributed by atoms with Gasteiger partial charge in [0.05, 0.1) is 7.11 Å². The second-order valence-electron chi connectivity index (χ2n) is 4.63. The van der Waals surface area contributed by atoms with Crippen molar-refractivity contribution in [3.8, 4) is 5.75 Å². The lowest BCUT2D eigenvalue weighted by Gasteiger charge is -2.08. The van der Waals surface area contributed by atoms with Gasteiger partial charge in [-0.2, -0.15) is 0 Å². The van der Waals surface area contributed by atoms with Crippen LogP contribution in [0.4, 0.5) is 0 Å². The van der Waals surface area contributed by atoms with Gasteiger partial charge >= 0.3 is 0 Å². The number of hydrogen-bond acceptors (Lipinski definition) is 1. The van der Waals surface area contributed by atoms with Crippen LogP contribution in [0.15, 0.2) is 22.7 Å². The SMILES string of the molecule is COc1ccc(Br)c(C2CC2(C)C)c1. The lowest BCUT2D eigenvalue weighted by atomic mass is 10.0. The smallest absolute Gasteiger partial charge is 0.119 e. The average Bonchev–Trinajstić information content (AvgIpc) is 2.76. The molecule has 14 heavy (non-hydrogen) atoms. The highest BCUT2D eigenvalue weighted by Gasteiger charge is 2.47. The van der Waals surface area contributed by atoms with E-state index in [-0.39, 0.29) is 0 Å². The number of hydrogen-bond donors (Lipinski definition) is 0. The molecular weight excluding hydrogens is 240 g/mol.